The third-order valence-electron chi connectivity index (χ3n) is 3.75. The summed E-state index contributed by atoms with van der Waals surface area (Å²) in [5, 5.41) is 0. The van der Waals surface area contributed by atoms with Crippen LogP contribution in [0.25, 0.3) is 0 Å². The second kappa shape index (κ2) is 4.39. The summed E-state index contributed by atoms with van der Waals surface area (Å²) < 4.78 is 4.62. The van der Waals surface area contributed by atoms with Gasteiger partial charge in [-0.1, -0.05) is 0 Å². The Labute approximate surface area is 109 Å². The molecular weight excluding hydrogens is 252 g/mol. The Morgan fingerprint density at radius 2 is 2.21 bits per heavy atom. The van der Waals surface area contributed by atoms with Gasteiger partial charge in [-0.3, -0.25) is 19.3 Å². The molecule has 0 spiro atoms. The molecule has 8 nitrogen and oxygen atoms in total. The molecule has 0 radical (unpaired) electrons. The summed E-state index contributed by atoms with van der Waals surface area (Å²) in [6.07, 6.45) is 0.228. The Bertz CT molecular complexity index is 489. The first-order valence-corrected chi connectivity index (χ1v) is 6.12. The monoisotopic (exact) mass is 266 g/mol. The van der Waals surface area contributed by atoms with Gasteiger partial charge in [0, 0.05) is 0 Å². The number of esters is 1. The maximum atomic E-state index is 12.2. The van der Waals surface area contributed by atoms with Crippen molar-refractivity contribution in [2.75, 3.05) is 13.8 Å². The van der Waals surface area contributed by atoms with E-state index in [0.717, 1.165) is 0 Å². The van der Waals surface area contributed by atoms with E-state index in [-0.39, 0.29) is 17.4 Å². The number of nitrogens with one attached hydrogen (secondary N) is 2. The van der Waals surface area contributed by atoms with E-state index >= 15 is 0 Å². The fraction of sp³-hybridized carbons (Fsp3) is 0.636. The summed E-state index contributed by atoms with van der Waals surface area (Å²) in [6.45, 7) is 0.366. The molecule has 1 aliphatic carbocycles. The molecule has 3 atom stereocenters. The standard InChI is InChI=1S/C11H14N4O4/c1-19-10(18)6-3-2-5-7(8(6)16)13-11-14-12-4-15(11)9(5)17/h5-6,11-12,14H,2-4H2,1H3/t5-,6-,11+/m1/s1. The van der Waals surface area contributed by atoms with E-state index in [0.29, 0.717) is 19.5 Å². The molecule has 19 heavy (non-hydrogen) atoms. The molecule has 1 amide bonds. The van der Waals surface area contributed by atoms with Crippen LogP contribution in [0.2, 0.25) is 0 Å². The zero-order chi connectivity index (χ0) is 13.6. The van der Waals surface area contributed by atoms with Gasteiger partial charge < -0.3 is 4.74 Å². The number of ether oxygens (including phenoxy) is 1. The molecule has 0 aromatic carbocycles. The van der Waals surface area contributed by atoms with Gasteiger partial charge in [-0.05, 0) is 12.8 Å². The van der Waals surface area contributed by atoms with Gasteiger partial charge in [0.15, 0.2) is 12.1 Å². The van der Waals surface area contributed by atoms with Crippen LogP contribution in [0.4, 0.5) is 0 Å². The summed E-state index contributed by atoms with van der Waals surface area (Å²) in [7, 11) is 1.25. The Balaban J connectivity index is 1.92. The van der Waals surface area contributed by atoms with Crippen LogP contribution in [0.5, 0.6) is 0 Å². The fourth-order valence-corrected chi connectivity index (χ4v) is 2.73. The summed E-state index contributed by atoms with van der Waals surface area (Å²) in [4.78, 5) is 41.8. The first kappa shape index (κ1) is 12.2. The van der Waals surface area contributed by atoms with Crippen molar-refractivity contribution in [1.82, 2.24) is 15.8 Å². The molecule has 3 aliphatic rings. The van der Waals surface area contributed by atoms with Crippen LogP contribution < -0.4 is 10.9 Å². The lowest BCUT2D eigenvalue weighted by molar-refractivity contribution is -0.150. The largest absolute Gasteiger partial charge is 0.468 e. The zero-order valence-electron chi connectivity index (χ0n) is 10.4. The van der Waals surface area contributed by atoms with Crippen molar-refractivity contribution >= 4 is 23.4 Å². The lowest BCUT2D eigenvalue weighted by atomic mass is 9.78. The number of ketones is 1. The molecule has 2 heterocycles. The number of aliphatic imine (C=N–C) groups is 1. The van der Waals surface area contributed by atoms with Crippen LogP contribution in [0.1, 0.15) is 12.8 Å². The highest BCUT2D eigenvalue weighted by Crippen LogP contribution is 2.30. The van der Waals surface area contributed by atoms with Crippen LogP contribution >= 0.6 is 0 Å². The maximum absolute atomic E-state index is 12.2. The van der Waals surface area contributed by atoms with E-state index in [1.807, 2.05) is 0 Å². The van der Waals surface area contributed by atoms with Crippen LogP contribution in [0, 0.1) is 11.8 Å². The van der Waals surface area contributed by atoms with Crippen molar-refractivity contribution in [3.8, 4) is 0 Å². The number of hydrazine groups is 1. The second-order valence-electron chi connectivity index (χ2n) is 4.75. The molecular formula is C11H14N4O4. The zero-order valence-corrected chi connectivity index (χ0v) is 10.4. The number of carbonyl (C=O) groups is 3. The Morgan fingerprint density at radius 1 is 1.42 bits per heavy atom. The molecule has 1 saturated carbocycles. The summed E-state index contributed by atoms with van der Waals surface area (Å²) in [6, 6.07) is 0. The van der Waals surface area contributed by atoms with Gasteiger partial charge in [0.05, 0.1) is 25.4 Å². The van der Waals surface area contributed by atoms with E-state index in [1.54, 1.807) is 4.90 Å². The van der Waals surface area contributed by atoms with Gasteiger partial charge in [0.1, 0.15) is 5.92 Å². The Kier molecular flexibility index (Phi) is 2.83. The van der Waals surface area contributed by atoms with Crippen molar-refractivity contribution < 1.29 is 19.1 Å². The first-order chi connectivity index (χ1) is 9.13. The molecule has 2 N–H and O–H groups in total. The van der Waals surface area contributed by atoms with Crippen LogP contribution in [0.3, 0.4) is 0 Å². The predicted octanol–water partition coefficient (Wildman–Crippen LogP) is -1.61. The molecule has 8 heteroatoms. The van der Waals surface area contributed by atoms with Crippen molar-refractivity contribution in [2.45, 2.75) is 19.1 Å². The SMILES string of the molecule is COC(=O)[C@@H]1CC[C@H]2C(=O)N3CNN[C@@H]3N=C2C1=O. The lowest BCUT2D eigenvalue weighted by Crippen LogP contribution is -2.54. The van der Waals surface area contributed by atoms with Gasteiger partial charge in [0.25, 0.3) is 0 Å². The number of methoxy groups -OCH3 is 1. The van der Waals surface area contributed by atoms with Gasteiger partial charge >= 0.3 is 5.97 Å². The smallest absolute Gasteiger partial charge is 0.316 e. The van der Waals surface area contributed by atoms with Gasteiger partial charge in [-0.25, -0.2) is 15.8 Å². The molecule has 0 aromatic heterocycles. The number of Topliss-reactive ketones (excluding diaryl/α,β-unsaturated/α-hetero) is 1. The number of carbonyl (C=O) groups excluding carboxylic acids is 3. The van der Waals surface area contributed by atoms with E-state index in [1.165, 1.54) is 7.11 Å². The summed E-state index contributed by atoms with van der Waals surface area (Å²) in [5.41, 5.74) is 5.81. The third-order valence-corrected chi connectivity index (χ3v) is 3.75. The molecule has 2 fully saturated rings. The Morgan fingerprint density at radius 3 is 2.95 bits per heavy atom. The number of hydrogen-bond donors (Lipinski definition) is 2. The van der Waals surface area contributed by atoms with Crippen molar-refractivity contribution in [1.29, 1.82) is 0 Å². The molecule has 2 aliphatic heterocycles. The quantitative estimate of drug-likeness (QED) is 0.437. The molecule has 1 saturated heterocycles. The highest BCUT2D eigenvalue weighted by Gasteiger charge is 2.48. The lowest BCUT2D eigenvalue weighted by Gasteiger charge is -2.35. The molecule has 3 rings (SSSR count). The van der Waals surface area contributed by atoms with Crippen molar-refractivity contribution in [3.63, 3.8) is 0 Å². The van der Waals surface area contributed by atoms with E-state index < -0.39 is 24.1 Å². The first-order valence-electron chi connectivity index (χ1n) is 6.12. The normalized spacial score (nSPS) is 33.6. The van der Waals surface area contributed by atoms with Gasteiger partial charge in [-0.2, -0.15) is 0 Å². The highest BCUT2D eigenvalue weighted by molar-refractivity contribution is 6.47. The second-order valence-corrected chi connectivity index (χ2v) is 4.75. The molecule has 0 unspecified atom stereocenters. The highest BCUT2D eigenvalue weighted by atomic mass is 16.5. The minimum absolute atomic E-state index is 0.121. The third kappa shape index (κ3) is 1.75. The average molecular weight is 266 g/mol. The summed E-state index contributed by atoms with van der Waals surface area (Å²) in [5.74, 6) is -2.41. The van der Waals surface area contributed by atoms with Crippen LogP contribution in [-0.4, -0.2) is 48.3 Å². The average Bonchev–Trinajstić information content (AvgIpc) is 2.88. The topological polar surface area (TPSA) is 100 Å². The van der Waals surface area contributed by atoms with Gasteiger partial charge in [-0.15, -0.1) is 0 Å². The molecule has 0 bridgehead atoms. The van der Waals surface area contributed by atoms with E-state index in [4.69, 9.17) is 0 Å². The summed E-state index contributed by atoms with van der Waals surface area (Å²) >= 11 is 0. The number of hydrogen-bond acceptors (Lipinski definition) is 7. The number of nitrogens with zero attached hydrogens (tertiary/aromatic N) is 2. The van der Waals surface area contributed by atoms with E-state index in [9.17, 15) is 14.4 Å². The minimum Gasteiger partial charge on any atom is -0.468 e. The van der Waals surface area contributed by atoms with E-state index in [2.05, 4.69) is 20.6 Å². The number of fused-ring (bicyclic) bond motifs is 2. The predicted molar refractivity (Wildman–Crippen MR) is 62.4 cm³/mol. The fourth-order valence-electron chi connectivity index (χ4n) is 2.73. The van der Waals surface area contributed by atoms with Crippen LogP contribution in [0.15, 0.2) is 4.99 Å². The number of rotatable bonds is 1. The molecule has 0 aromatic rings. The minimum atomic E-state index is -0.825. The van der Waals surface area contributed by atoms with Crippen molar-refractivity contribution in [2.24, 2.45) is 16.8 Å². The van der Waals surface area contributed by atoms with Crippen LogP contribution in [-0.2, 0) is 19.1 Å². The number of amides is 1. The van der Waals surface area contributed by atoms with Gasteiger partial charge in [0.2, 0.25) is 5.91 Å². The maximum Gasteiger partial charge on any atom is 0.316 e. The Hall–Kier alpha value is -1.80. The van der Waals surface area contributed by atoms with Crippen molar-refractivity contribution in [3.05, 3.63) is 0 Å². The molecule has 102 valence electrons.